The fourth-order valence-electron chi connectivity index (χ4n) is 3.25. The van der Waals surface area contributed by atoms with E-state index in [-0.39, 0.29) is 5.41 Å². The highest BCUT2D eigenvalue weighted by molar-refractivity contribution is 5.78. The van der Waals surface area contributed by atoms with Gasteiger partial charge >= 0.3 is 0 Å². The minimum Gasteiger partial charge on any atom is -0.381 e. The fraction of sp³-hybridized carbons (Fsp3) is 0.800. The van der Waals surface area contributed by atoms with Crippen LogP contribution >= 0.6 is 0 Å². The summed E-state index contributed by atoms with van der Waals surface area (Å²) in [6.07, 6.45) is 3.38. The van der Waals surface area contributed by atoms with Crippen LogP contribution in [0.2, 0.25) is 0 Å². The van der Waals surface area contributed by atoms with E-state index in [0.717, 1.165) is 44.7 Å². The Morgan fingerprint density at radius 3 is 2.80 bits per heavy atom. The monoisotopic (exact) mass is 281 g/mol. The Bertz CT molecular complexity index is 375. The van der Waals surface area contributed by atoms with Crippen LogP contribution in [0.15, 0.2) is 17.1 Å². The van der Waals surface area contributed by atoms with Gasteiger partial charge in [0.05, 0.1) is 12.6 Å². The van der Waals surface area contributed by atoms with Crippen molar-refractivity contribution in [1.29, 1.82) is 0 Å². The summed E-state index contributed by atoms with van der Waals surface area (Å²) in [6, 6.07) is 0.344. The Morgan fingerprint density at radius 1 is 1.50 bits per heavy atom. The average Bonchev–Trinajstić information content (AvgIpc) is 2.45. The summed E-state index contributed by atoms with van der Waals surface area (Å²) in [5, 5.41) is 3.37. The highest BCUT2D eigenvalue weighted by Crippen LogP contribution is 2.50. The van der Waals surface area contributed by atoms with E-state index in [1.165, 1.54) is 0 Å². The molecule has 20 heavy (non-hydrogen) atoms. The molecule has 0 radical (unpaired) electrons. The van der Waals surface area contributed by atoms with Crippen molar-refractivity contribution in [3.63, 3.8) is 0 Å². The van der Waals surface area contributed by atoms with Crippen LogP contribution in [0.5, 0.6) is 0 Å². The summed E-state index contributed by atoms with van der Waals surface area (Å²) in [4.78, 5) is 4.31. The number of ether oxygens (including phenoxy) is 2. The smallest absolute Gasteiger partial charge is 0.189 e. The van der Waals surface area contributed by atoms with Gasteiger partial charge in [0.1, 0.15) is 0 Å². The molecule has 5 nitrogen and oxygen atoms in total. The molecule has 5 heteroatoms. The number of nitrogens with two attached hydrogens (primary N) is 1. The van der Waals surface area contributed by atoms with Crippen LogP contribution in [0, 0.1) is 5.41 Å². The van der Waals surface area contributed by atoms with Gasteiger partial charge in [0, 0.05) is 31.3 Å². The van der Waals surface area contributed by atoms with Crippen molar-refractivity contribution in [2.75, 3.05) is 26.4 Å². The third kappa shape index (κ3) is 3.15. The van der Waals surface area contributed by atoms with E-state index in [1.54, 1.807) is 0 Å². The molecule has 114 valence electrons. The molecule has 1 spiro atoms. The van der Waals surface area contributed by atoms with Gasteiger partial charge in [-0.25, -0.2) is 4.99 Å². The van der Waals surface area contributed by atoms with Gasteiger partial charge in [-0.1, -0.05) is 12.2 Å². The maximum atomic E-state index is 5.97. The molecular weight excluding hydrogens is 254 g/mol. The van der Waals surface area contributed by atoms with Gasteiger partial charge in [-0.3, -0.25) is 0 Å². The van der Waals surface area contributed by atoms with Gasteiger partial charge in [0.2, 0.25) is 0 Å². The fourth-order valence-corrected chi connectivity index (χ4v) is 3.25. The first-order chi connectivity index (χ1) is 9.58. The molecule has 1 saturated heterocycles. The van der Waals surface area contributed by atoms with E-state index in [2.05, 4.69) is 23.8 Å². The topological polar surface area (TPSA) is 68.9 Å². The van der Waals surface area contributed by atoms with Crippen molar-refractivity contribution in [2.24, 2.45) is 16.1 Å². The number of guanidine groups is 1. The lowest BCUT2D eigenvalue weighted by molar-refractivity contribution is -0.169. The average molecular weight is 281 g/mol. The summed E-state index contributed by atoms with van der Waals surface area (Å²) in [5.41, 5.74) is 7.14. The van der Waals surface area contributed by atoms with E-state index in [0.29, 0.717) is 24.7 Å². The molecule has 2 atom stereocenters. The molecule has 1 aliphatic heterocycles. The SMILES string of the molecule is C=C(C)CN=C(N)NC1CC(OCC)C12CCOCC2. The largest absolute Gasteiger partial charge is 0.381 e. The zero-order chi connectivity index (χ0) is 14.6. The molecule has 1 saturated carbocycles. The maximum absolute atomic E-state index is 5.97. The molecular formula is C15H27N3O2. The summed E-state index contributed by atoms with van der Waals surface area (Å²) < 4.78 is 11.4. The number of hydrogen-bond acceptors (Lipinski definition) is 3. The zero-order valence-corrected chi connectivity index (χ0v) is 12.7. The van der Waals surface area contributed by atoms with Gasteiger partial charge < -0.3 is 20.5 Å². The van der Waals surface area contributed by atoms with E-state index >= 15 is 0 Å². The van der Waals surface area contributed by atoms with Crippen LogP contribution in [-0.2, 0) is 9.47 Å². The number of nitrogens with zero attached hydrogens (tertiary/aromatic N) is 1. The number of rotatable bonds is 5. The van der Waals surface area contributed by atoms with Crippen LogP contribution in [0.3, 0.4) is 0 Å². The van der Waals surface area contributed by atoms with Crippen LogP contribution in [0.25, 0.3) is 0 Å². The van der Waals surface area contributed by atoms with Crippen molar-refractivity contribution in [1.82, 2.24) is 5.32 Å². The van der Waals surface area contributed by atoms with Gasteiger partial charge in [-0.15, -0.1) is 0 Å². The second-order valence-corrected chi connectivity index (χ2v) is 5.88. The molecule has 2 fully saturated rings. The zero-order valence-electron chi connectivity index (χ0n) is 12.7. The summed E-state index contributed by atoms with van der Waals surface area (Å²) >= 11 is 0. The van der Waals surface area contributed by atoms with Gasteiger partial charge in [0.25, 0.3) is 0 Å². The molecule has 2 unspecified atom stereocenters. The van der Waals surface area contributed by atoms with Gasteiger partial charge in [-0.05, 0) is 33.1 Å². The molecule has 2 aliphatic rings. The third-order valence-corrected chi connectivity index (χ3v) is 4.42. The Morgan fingerprint density at radius 2 is 2.20 bits per heavy atom. The Kier molecular flexibility index (Phi) is 5.05. The predicted octanol–water partition coefficient (Wildman–Crippen LogP) is 1.44. The molecule has 0 aromatic carbocycles. The van der Waals surface area contributed by atoms with Crippen LogP contribution in [0.4, 0.5) is 0 Å². The molecule has 3 N–H and O–H groups in total. The van der Waals surface area contributed by atoms with Crippen molar-refractivity contribution in [3.05, 3.63) is 12.2 Å². The standard InChI is InChI=1S/C15H27N3O2/c1-4-20-13-9-12(15(13)5-7-19-8-6-15)18-14(16)17-10-11(2)3/h12-13H,2,4-10H2,1,3H3,(H3,16,17,18). The molecule has 0 amide bonds. The molecule has 0 aromatic rings. The van der Waals surface area contributed by atoms with Crippen molar-refractivity contribution in [2.45, 2.75) is 45.3 Å². The second-order valence-electron chi connectivity index (χ2n) is 5.88. The first-order valence-electron chi connectivity index (χ1n) is 7.48. The highest BCUT2D eigenvalue weighted by atomic mass is 16.5. The van der Waals surface area contributed by atoms with E-state index in [9.17, 15) is 0 Å². The lowest BCUT2D eigenvalue weighted by atomic mass is 9.57. The van der Waals surface area contributed by atoms with E-state index < -0.39 is 0 Å². The summed E-state index contributed by atoms with van der Waals surface area (Å²) in [5.74, 6) is 0.513. The first-order valence-corrected chi connectivity index (χ1v) is 7.48. The lowest BCUT2D eigenvalue weighted by Crippen LogP contribution is -2.67. The predicted molar refractivity (Wildman–Crippen MR) is 80.7 cm³/mol. The minimum atomic E-state index is 0.164. The molecule has 2 rings (SSSR count). The van der Waals surface area contributed by atoms with Gasteiger partial charge in [0.15, 0.2) is 5.96 Å². The second kappa shape index (κ2) is 6.59. The molecule has 0 bridgehead atoms. The van der Waals surface area contributed by atoms with Crippen molar-refractivity contribution < 1.29 is 9.47 Å². The number of hydrogen-bond donors (Lipinski definition) is 2. The number of aliphatic imine (C=N–C) groups is 1. The van der Waals surface area contributed by atoms with Crippen LogP contribution in [0.1, 0.15) is 33.1 Å². The van der Waals surface area contributed by atoms with Gasteiger partial charge in [-0.2, -0.15) is 0 Å². The first kappa shape index (κ1) is 15.3. The normalized spacial score (nSPS) is 29.0. The molecule has 1 aliphatic carbocycles. The Labute approximate surface area is 121 Å². The van der Waals surface area contributed by atoms with Crippen molar-refractivity contribution in [3.8, 4) is 0 Å². The lowest BCUT2D eigenvalue weighted by Gasteiger charge is -2.57. The highest BCUT2D eigenvalue weighted by Gasteiger charge is 2.56. The van der Waals surface area contributed by atoms with Crippen LogP contribution in [-0.4, -0.2) is 44.5 Å². The molecule has 1 heterocycles. The van der Waals surface area contributed by atoms with Crippen molar-refractivity contribution >= 4 is 5.96 Å². The van der Waals surface area contributed by atoms with E-state index in [4.69, 9.17) is 15.2 Å². The Hall–Kier alpha value is -1.07. The number of nitrogens with one attached hydrogen (secondary N) is 1. The minimum absolute atomic E-state index is 0.164. The molecule has 0 aromatic heterocycles. The van der Waals surface area contributed by atoms with E-state index in [1.807, 2.05) is 6.92 Å². The maximum Gasteiger partial charge on any atom is 0.189 e. The summed E-state index contributed by atoms with van der Waals surface area (Å²) in [6.45, 7) is 10.8. The van der Waals surface area contributed by atoms with Crippen LogP contribution < -0.4 is 11.1 Å². The summed E-state index contributed by atoms with van der Waals surface area (Å²) in [7, 11) is 0. The third-order valence-electron chi connectivity index (χ3n) is 4.42. The quantitative estimate of drug-likeness (QED) is 0.454. The Balaban J connectivity index is 1.97.